The van der Waals surface area contributed by atoms with Gasteiger partial charge in [-0.15, -0.1) is 0 Å². The highest BCUT2D eigenvalue weighted by molar-refractivity contribution is 5.92. The van der Waals surface area contributed by atoms with Crippen LogP contribution in [0.4, 0.5) is 0 Å². The molecule has 0 rings (SSSR count). The minimum Gasteiger partial charge on any atom is -0.305 e. The lowest BCUT2D eigenvalue weighted by molar-refractivity contribution is 0.831. The zero-order valence-corrected chi connectivity index (χ0v) is 7.15. The fourth-order valence-corrected chi connectivity index (χ4v) is 0.661. The Balaban J connectivity index is 3.56. The van der Waals surface area contributed by atoms with Crippen molar-refractivity contribution in [1.29, 1.82) is 5.41 Å². The fraction of sp³-hybridized carbons (Fsp3) is 0.667. The molecule has 0 aliphatic carbocycles. The van der Waals surface area contributed by atoms with Gasteiger partial charge in [0.2, 0.25) is 0 Å². The summed E-state index contributed by atoms with van der Waals surface area (Å²) in [6.45, 7) is 6.34. The highest BCUT2D eigenvalue weighted by Crippen LogP contribution is 1.96. The lowest BCUT2D eigenvalue weighted by Crippen LogP contribution is -1.90. The molecule has 0 saturated heterocycles. The molecule has 0 aliphatic rings. The molecule has 1 N–H and O–H groups in total. The van der Waals surface area contributed by atoms with Crippen LogP contribution in [-0.4, -0.2) is 5.71 Å². The minimum absolute atomic E-state index is 0.567. The second-order valence-electron chi connectivity index (χ2n) is 2.88. The van der Waals surface area contributed by atoms with Crippen molar-refractivity contribution >= 4 is 5.71 Å². The molecule has 0 fully saturated rings. The number of hydrogen-bond donors (Lipinski definition) is 1. The maximum atomic E-state index is 7.40. The van der Waals surface area contributed by atoms with E-state index in [2.05, 4.69) is 26.8 Å². The van der Waals surface area contributed by atoms with Crippen LogP contribution < -0.4 is 0 Å². The third-order valence-electron chi connectivity index (χ3n) is 1.20. The smallest absolute Gasteiger partial charge is 0.0310 e. The summed E-state index contributed by atoms with van der Waals surface area (Å²) in [5.74, 6) is 0.567. The molecule has 0 bridgehead atoms. The van der Waals surface area contributed by atoms with Crippen LogP contribution in [0.15, 0.2) is 12.2 Å². The standard InChI is InChI=1S/C9H17N/c1-4-5-9(10)7-6-8(2)3/h6-8,10H,4-5H2,1-3H3/b7-6-,10-9?. The van der Waals surface area contributed by atoms with E-state index in [1.807, 2.05) is 6.08 Å². The second-order valence-corrected chi connectivity index (χ2v) is 2.88. The summed E-state index contributed by atoms with van der Waals surface area (Å²) >= 11 is 0. The molecule has 0 atom stereocenters. The SMILES string of the molecule is CCCC(=N)/C=C\C(C)C. The zero-order chi connectivity index (χ0) is 7.98. The van der Waals surface area contributed by atoms with Crippen molar-refractivity contribution in [2.75, 3.05) is 0 Å². The van der Waals surface area contributed by atoms with Crippen LogP contribution in [0.1, 0.15) is 33.6 Å². The minimum atomic E-state index is 0.567. The summed E-state index contributed by atoms with van der Waals surface area (Å²) in [7, 11) is 0. The summed E-state index contributed by atoms with van der Waals surface area (Å²) < 4.78 is 0. The van der Waals surface area contributed by atoms with Gasteiger partial charge in [0.05, 0.1) is 0 Å². The molecule has 0 spiro atoms. The first-order valence-corrected chi connectivity index (χ1v) is 3.92. The Hall–Kier alpha value is -0.590. The van der Waals surface area contributed by atoms with E-state index in [9.17, 15) is 0 Å². The largest absolute Gasteiger partial charge is 0.305 e. The van der Waals surface area contributed by atoms with E-state index in [1.54, 1.807) is 0 Å². The predicted molar refractivity (Wildman–Crippen MR) is 46.6 cm³/mol. The first-order chi connectivity index (χ1) is 4.66. The first-order valence-electron chi connectivity index (χ1n) is 3.92. The quantitative estimate of drug-likeness (QED) is 0.579. The number of allylic oxidation sites excluding steroid dienone is 2. The Morgan fingerprint density at radius 1 is 1.50 bits per heavy atom. The molecule has 1 nitrogen and oxygen atoms in total. The average Bonchev–Trinajstić information content (AvgIpc) is 1.85. The Labute approximate surface area is 63.7 Å². The van der Waals surface area contributed by atoms with Crippen LogP contribution in [0.2, 0.25) is 0 Å². The molecule has 58 valence electrons. The molecule has 10 heavy (non-hydrogen) atoms. The van der Waals surface area contributed by atoms with Gasteiger partial charge in [0, 0.05) is 5.71 Å². The van der Waals surface area contributed by atoms with E-state index in [0.29, 0.717) is 5.92 Å². The van der Waals surface area contributed by atoms with E-state index in [1.165, 1.54) is 0 Å². The van der Waals surface area contributed by atoms with E-state index in [-0.39, 0.29) is 0 Å². The first kappa shape index (κ1) is 9.41. The molecule has 0 amide bonds. The molecular formula is C9H17N. The predicted octanol–water partition coefficient (Wildman–Crippen LogP) is 3.02. The molecule has 0 aromatic heterocycles. The van der Waals surface area contributed by atoms with Crippen LogP contribution >= 0.6 is 0 Å². The molecule has 0 radical (unpaired) electrons. The number of hydrogen-bond acceptors (Lipinski definition) is 1. The number of nitrogens with one attached hydrogen (secondary N) is 1. The van der Waals surface area contributed by atoms with E-state index < -0.39 is 0 Å². The molecule has 0 aromatic carbocycles. The van der Waals surface area contributed by atoms with Gasteiger partial charge >= 0.3 is 0 Å². The van der Waals surface area contributed by atoms with E-state index in [0.717, 1.165) is 18.6 Å². The van der Waals surface area contributed by atoms with Gasteiger partial charge in [-0.3, -0.25) is 0 Å². The molecule has 0 aliphatic heterocycles. The summed E-state index contributed by atoms with van der Waals surface area (Å²) in [5.41, 5.74) is 0.746. The van der Waals surface area contributed by atoms with Gasteiger partial charge in [0.1, 0.15) is 0 Å². The van der Waals surface area contributed by atoms with Crippen molar-refractivity contribution in [3.63, 3.8) is 0 Å². The fourth-order valence-electron chi connectivity index (χ4n) is 0.661. The van der Waals surface area contributed by atoms with E-state index >= 15 is 0 Å². The lowest BCUT2D eigenvalue weighted by Gasteiger charge is -1.95. The van der Waals surface area contributed by atoms with Gasteiger partial charge in [0.25, 0.3) is 0 Å². The van der Waals surface area contributed by atoms with Crippen molar-refractivity contribution in [3.8, 4) is 0 Å². The van der Waals surface area contributed by atoms with Crippen LogP contribution in [0.25, 0.3) is 0 Å². The Morgan fingerprint density at radius 2 is 2.10 bits per heavy atom. The normalized spacial score (nSPS) is 11.2. The molecular weight excluding hydrogens is 122 g/mol. The van der Waals surface area contributed by atoms with Gasteiger partial charge in [-0.25, -0.2) is 0 Å². The summed E-state index contributed by atoms with van der Waals surface area (Å²) in [6.07, 6.45) is 5.96. The Bertz CT molecular complexity index is 123. The van der Waals surface area contributed by atoms with Crippen molar-refractivity contribution in [2.24, 2.45) is 5.92 Å². The average molecular weight is 139 g/mol. The monoisotopic (exact) mass is 139 g/mol. The Morgan fingerprint density at radius 3 is 2.50 bits per heavy atom. The highest BCUT2D eigenvalue weighted by atomic mass is 14.4. The molecule has 0 aromatic rings. The van der Waals surface area contributed by atoms with Crippen molar-refractivity contribution in [2.45, 2.75) is 33.6 Å². The van der Waals surface area contributed by atoms with Crippen molar-refractivity contribution < 1.29 is 0 Å². The maximum absolute atomic E-state index is 7.40. The van der Waals surface area contributed by atoms with E-state index in [4.69, 9.17) is 5.41 Å². The number of rotatable bonds is 4. The molecule has 1 heteroatoms. The van der Waals surface area contributed by atoms with Crippen LogP contribution in [-0.2, 0) is 0 Å². The summed E-state index contributed by atoms with van der Waals surface area (Å²) in [5, 5.41) is 7.40. The summed E-state index contributed by atoms with van der Waals surface area (Å²) in [6, 6.07) is 0. The lowest BCUT2D eigenvalue weighted by atomic mass is 10.1. The van der Waals surface area contributed by atoms with Gasteiger partial charge in [0.15, 0.2) is 0 Å². The maximum Gasteiger partial charge on any atom is 0.0310 e. The summed E-state index contributed by atoms with van der Waals surface area (Å²) in [4.78, 5) is 0. The Kier molecular flexibility index (Phi) is 4.91. The van der Waals surface area contributed by atoms with Crippen LogP contribution in [0, 0.1) is 11.3 Å². The molecule has 0 saturated carbocycles. The van der Waals surface area contributed by atoms with Crippen molar-refractivity contribution in [1.82, 2.24) is 0 Å². The van der Waals surface area contributed by atoms with Gasteiger partial charge in [-0.2, -0.15) is 0 Å². The van der Waals surface area contributed by atoms with Gasteiger partial charge in [-0.05, 0) is 18.4 Å². The second kappa shape index (κ2) is 5.21. The van der Waals surface area contributed by atoms with Crippen LogP contribution in [0.5, 0.6) is 0 Å². The zero-order valence-electron chi connectivity index (χ0n) is 7.15. The van der Waals surface area contributed by atoms with Crippen LogP contribution in [0.3, 0.4) is 0 Å². The van der Waals surface area contributed by atoms with Crippen molar-refractivity contribution in [3.05, 3.63) is 12.2 Å². The third-order valence-corrected chi connectivity index (χ3v) is 1.20. The molecule has 0 heterocycles. The van der Waals surface area contributed by atoms with Gasteiger partial charge < -0.3 is 5.41 Å². The third kappa shape index (κ3) is 5.54. The van der Waals surface area contributed by atoms with Gasteiger partial charge in [-0.1, -0.05) is 33.3 Å². The molecule has 0 unspecified atom stereocenters. The topological polar surface area (TPSA) is 23.9 Å². The highest BCUT2D eigenvalue weighted by Gasteiger charge is 1.88.